The van der Waals surface area contributed by atoms with E-state index in [1.165, 1.54) is 0 Å². The minimum absolute atomic E-state index is 0. The zero-order valence-corrected chi connectivity index (χ0v) is 15.8. The SMILES string of the molecule is C[SiH](C)[N]([InH2])[SiH](C)C.Cl. The van der Waals surface area contributed by atoms with Gasteiger partial charge in [0.15, 0.2) is 0 Å². The van der Waals surface area contributed by atoms with E-state index in [0.717, 1.165) is 24.7 Å². The van der Waals surface area contributed by atoms with E-state index < -0.39 is 0 Å². The molecule has 9 heavy (non-hydrogen) atoms. The summed E-state index contributed by atoms with van der Waals surface area (Å²) < 4.78 is 2.82. The summed E-state index contributed by atoms with van der Waals surface area (Å²) in [6.45, 7) is 9.74. The van der Waals surface area contributed by atoms with Gasteiger partial charge in [0.25, 0.3) is 0 Å². The van der Waals surface area contributed by atoms with Gasteiger partial charge in [-0.1, -0.05) is 0 Å². The van der Waals surface area contributed by atoms with Crippen LogP contribution in [0.5, 0.6) is 0 Å². The first-order valence-electron chi connectivity index (χ1n) is 3.27. The topological polar surface area (TPSA) is 3.24 Å². The standard InChI is InChI=1S/C4H14NSi2.ClH.In.2H/c1-6(2)5-7(3)4;;;;/h6-7H,1-4H3;1H;;;/q-1;;+1;;. The Hall–Kier alpha value is 1.55. The second kappa shape index (κ2) is 6.28. The molecule has 0 saturated carbocycles. The predicted molar refractivity (Wildman–Crippen MR) is 55.4 cm³/mol. The van der Waals surface area contributed by atoms with Crippen LogP contribution in [0.4, 0.5) is 0 Å². The molecular weight excluding hydrogens is 268 g/mol. The molecule has 0 spiro atoms. The number of nitrogens with zero attached hydrogens (tertiary/aromatic N) is 1. The van der Waals surface area contributed by atoms with Gasteiger partial charge in [-0.3, -0.25) is 0 Å². The van der Waals surface area contributed by atoms with Gasteiger partial charge < -0.3 is 0 Å². The van der Waals surface area contributed by atoms with Crippen LogP contribution in [0, 0.1) is 0 Å². The molecule has 0 aromatic heterocycles. The molecule has 0 N–H and O–H groups in total. The zero-order chi connectivity index (χ0) is 6.73. The van der Waals surface area contributed by atoms with Gasteiger partial charge in [-0.15, -0.1) is 12.4 Å². The molecule has 0 amide bonds. The first-order valence-corrected chi connectivity index (χ1v) is 11.5. The van der Waals surface area contributed by atoms with Crippen molar-refractivity contribution < 1.29 is 0 Å². The average Bonchev–Trinajstić information content (AvgIpc) is 1.64. The molecule has 0 radical (unpaired) electrons. The fourth-order valence-electron chi connectivity index (χ4n) is 0.596. The number of hydrogen-bond acceptors (Lipinski definition) is 1. The fourth-order valence-corrected chi connectivity index (χ4v) is 5.37. The summed E-state index contributed by atoms with van der Waals surface area (Å²) in [4.78, 5) is 0. The minimum atomic E-state index is -0.334. The largest absolute Gasteiger partial charge is 0.147 e. The van der Waals surface area contributed by atoms with Gasteiger partial charge in [0, 0.05) is 0 Å². The van der Waals surface area contributed by atoms with Crippen LogP contribution in [-0.2, 0) is 0 Å². The second-order valence-electron chi connectivity index (χ2n) is 2.85. The maximum absolute atomic E-state index is 2.82. The molecule has 0 atom stereocenters. The molecule has 0 fully saturated rings. The van der Waals surface area contributed by atoms with E-state index in [1.807, 2.05) is 0 Å². The first kappa shape index (κ1) is 13.2. The molecular formula is C4H17ClInNSi2. The maximum atomic E-state index is 2.82. The maximum Gasteiger partial charge on any atom is -0.147 e. The van der Waals surface area contributed by atoms with Crippen molar-refractivity contribution in [2.45, 2.75) is 26.2 Å². The Bertz CT molecular complexity index is 63.6. The monoisotopic (exact) mass is 285 g/mol. The average molecular weight is 286 g/mol. The summed E-state index contributed by atoms with van der Waals surface area (Å²) in [5, 5.41) is 0. The Morgan fingerprint density at radius 2 is 1.22 bits per heavy atom. The van der Waals surface area contributed by atoms with Crippen LogP contribution < -0.4 is 0 Å². The molecule has 56 valence electrons. The molecule has 0 saturated heterocycles. The summed E-state index contributed by atoms with van der Waals surface area (Å²) in [5.41, 5.74) is 0. The molecule has 0 aromatic carbocycles. The van der Waals surface area contributed by atoms with E-state index in [2.05, 4.69) is 28.4 Å². The van der Waals surface area contributed by atoms with Gasteiger partial charge in [-0.05, 0) is 0 Å². The third-order valence-electron chi connectivity index (χ3n) is 1.63. The molecule has 5 heteroatoms. The Morgan fingerprint density at radius 1 is 1.00 bits per heavy atom. The minimum Gasteiger partial charge on any atom is -0.147 e. The number of halogens is 1. The molecule has 0 heterocycles. The molecule has 0 aliphatic carbocycles. The Morgan fingerprint density at radius 3 is 1.22 bits per heavy atom. The Kier molecular flexibility index (Phi) is 9.18. The van der Waals surface area contributed by atoms with Crippen molar-refractivity contribution in [2.24, 2.45) is 0 Å². The van der Waals surface area contributed by atoms with Crippen LogP contribution in [-0.4, -0.2) is 44.8 Å². The van der Waals surface area contributed by atoms with E-state index in [0.29, 0.717) is 0 Å². The van der Waals surface area contributed by atoms with Gasteiger partial charge in [0.1, 0.15) is 0 Å². The second-order valence-corrected chi connectivity index (χ2v) is 18.3. The smallest absolute Gasteiger partial charge is 0.147 e. The third-order valence-corrected chi connectivity index (χ3v) is 26.2. The number of hydrogen-bond donors (Lipinski definition) is 0. The van der Waals surface area contributed by atoms with Crippen LogP contribution in [0.2, 0.25) is 26.2 Å². The zero-order valence-electron chi connectivity index (χ0n) is 7.01. The molecule has 1 nitrogen and oxygen atoms in total. The van der Waals surface area contributed by atoms with E-state index >= 15 is 0 Å². The van der Waals surface area contributed by atoms with Crippen LogP contribution in [0.15, 0.2) is 0 Å². The summed E-state index contributed by atoms with van der Waals surface area (Å²) in [5.74, 6) is 0. The van der Waals surface area contributed by atoms with Gasteiger partial charge in [0.2, 0.25) is 0 Å². The Labute approximate surface area is 83.0 Å². The van der Waals surface area contributed by atoms with Crippen molar-refractivity contribution in [3.63, 3.8) is 0 Å². The fraction of sp³-hybridized carbons (Fsp3) is 1.00. The van der Waals surface area contributed by atoms with Crippen LogP contribution in [0.25, 0.3) is 0 Å². The van der Waals surface area contributed by atoms with Gasteiger partial charge >= 0.3 is 71.0 Å². The van der Waals surface area contributed by atoms with Gasteiger partial charge in [-0.2, -0.15) is 0 Å². The first-order chi connectivity index (χ1) is 3.55. The van der Waals surface area contributed by atoms with Crippen molar-refractivity contribution in [1.82, 2.24) is 2.22 Å². The summed E-state index contributed by atoms with van der Waals surface area (Å²) in [6, 6.07) is 0. The van der Waals surface area contributed by atoms with Crippen LogP contribution in [0.1, 0.15) is 0 Å². The predicted octanol–water partition coefficient (Wildman–Crippen LogP) is 0.225. The van der Waals surface area contributed by atoms with Crippen molar-refractivity contribution in [2.75, 3.05) is 0 Å². The molecule has 0 aliphatic rings. The van der Waals surface area contributed by atoms with Crippen molar-refractivity contribution in [3.8, 4) is 0 Å². The molecule has 0 rings (SSSR count). The van der Waals surface area contributed by atoms with Gasteiger partial charge in [-0.25, -0.2) is 0 Å². The number of rotatable bonds is 2. The quantitative estimate of drug-likeness (QED) is 0.657. The van der Waals surface area contributed by atoms with E-state index in [-0.39, 0.29) is 30.3 Å². The normalized spacial score (nSPS) is 10.6. The summed E-state index contributed by atoms with van der Waals surface area (Å²) in [7, 11) is -0.668. The Balaban J connectivity index is 0. The van der Waals surface area contributed by atoms with Crippen molar-refractivity contribution in [3.05, 3.63) is 0 Å². The molecule has 0 unspecified atom stereocenters. The molecule has 0 aromatic rings. The van der Waals surface area contributed by atoms with E-state index in [1.54, 1.807) is 0 Å². The van der Waals surface area contributed by atoms with Gasteiger partial charge in [0.05, 0.1) is 0 Å². The van der Waals surface area contributed by atoms with Crippen LogP contribution >= 0.6 is 12.4 Å². The van der Waals surface area contributed by atoms with Crippen molar-refractivity contribution >= 4 is 55.0 Å². The van der Waals surface area contributed by atoms with E-state index in [4.69, 9.17) is 0 Å². The summed E-state index contributed by atoms with van der Waals surface area (Å²) >= 11 is 0.825. The van der Waals surface area contributed by atoms with Crippen molar-refractivity contribution in [1.29, 1.82) is 0 Å². The molecule has 0 bridgehead atoms. The summed E-state index contributed by atoms with van der Waals surface area (Å²) in [6.07, 6.45) is 0. The van der Waals surface area contributed by atoms with E-state index in [9.17, 15) is 0 Å². The molecule has 0 aliphatic heterocycles. The van der Waals surface area contributed by atoms with Crippen LogP contribution in [0.3, 0.4) is 0 Å². The third kappa shape index (κ3) is 5.97.